The third-order valence-electron chi connectivity index (χ3n) is 6.93. The number of hydroxylamine groups is 2. The van der Waals surface area contributed by atoms with Gasteiger partial charge in [-0.25, -0.2) is 9.86 Å². The van der Waals surface area contributed by atoms with Crippen molar-refractivity contribution < 1.29 is 24.3 Å². The Balaban J connectivity index is 1.63. The molecular formula is C27H29N3O5. The van der Waals surface area contributed by atoms with Gasteiger partial charge in [0.2, 0.25) is 5.91 Å². The summed E-state index contributed by atoms with van der Waals surface area (Å²) in [6, 6.07) is 16.9. The molecule has 0 unspecified atom stereocenters. The summed E-state index contributed by atoms with van der Waals surface area (Å²) in [5.41, 5.74) is 0.365. The van der Waals surface area contributed by atoms with Crippen LogP contribution in [0.15, 0.2) is 60.8 Å². The molecule has 2 fully saturated rings. The first-order chi connectivity index (χ1) is 16.6. The molecular weight excluding hydrogens is 446 g/mol. The highest BCUT2D eigenvalue weighted by molar-refractivity contribution is 5.99. The van der Waals surface area contributed by atoms with Crippen LogP contribution in [0, 0.1) is 0 Å². The van der Waals surface area contributed by atoms with Crippen molar-refractivity contribution in [3.8, 4) is 0 Å². The molecule has 2 atom stereocenters. The van der Waals surface area contributed by atoms with Crippen LogP contribution in [-0.4, -0.2) is 55.3 Å². The van der Waals surface area contributed by atoms with Gasteiger partial charge in [0.05, 0.1) is 12.1 Å². The highest BCUT2D eigenvalue weighted by Gasteiger charge is 2.62. The summed E-state index contributed by atoms with van der Waals surface area (Å²) >= 11 is 0. The molecule has 1 spiro atoms. The number of rotatable bonds is 3. The molecule has 0 aliphatic carbocycles. The molecule has 2 amide bonds. The molecule has 3 aromatic rings. The molecule has 3 heterocycles. The van der Waals surface area contributed by atoms with Gasteiger partial charge in [-0.3, -0.25) is 19.4 Å². The minimum absolute atomic E-state index is 0.0275. The Kier molecular flexibility index (Phi) is 5.44. The van der Waals surface area contributed by atoms with Gasteiger partial charge in [-0.1, -0.05) is 48.5 Å². The van der Waals surface area contributed by atoms with Crippen LogP contribution in [0.1, 0.15) is 50.7 Å². The van der Waals surface area contributed by atoms with Crippen molar-refractivity contribution in [3.05, 3.63) is 71.9 Å². The Morgan fingerprint density at radius 3 is 2.49 bits per heavy atom. The number of nitrogens with zero attached hydrogens (tertiary/aromatic N) is 3. The average molecular weight is 476 g/mol. The van der Waals surface area contributed by atoms with E-state index in [1.54, 1.807) is 31.9 Å². The van der Waals surface area contributed by atoms with E-state index in [0.717, 1.165) is 21.6 Å². The molecule has 5 rings (SSSR count). The number of amides is 2. The lowest BCUT2D eigenvalue weighted by atomic mass is 9.79. The maximum atomic E-state index is 13.5. The van der Waals surface area contributed by atoms with Crippen molar-refractivity contribution in [3.63, 3.8) is 0 Å². The van der Waals surface area contributed by atoms with Crippen LogP contribution in [-0.2, 0) is 20.9 Å². The van der Waals surface area contributed by atoms with E-state index in [1.165, 1.54) is 4.57 Å². The Morgan fingerprint density at radius 2 is 1.77 bits per heavy atom. The smallest absolute Gasteiger partial charge is 0.419 e. The van der Waals surface area contributed by atoms with Crippen LogP contribution in [0.3, 0.4) is 0 Å². The molecule has 35 heavy (non-hydrogen) atoms. The molecule has 2 aliphatic rings. The maximum Gasteiger partial charge on any atom is 0.419 e. The third kappa shape index (κ3) is 3.78. The number of fused-ring (bicyclic) bond motifs is 1. The van der Waals surface area contributed by atoms with Gasteiger partial charge < -0.3 is 9.64 Å². The molecule has 2 aliphatic heterocycles. The fraction of sp³-hybridized carbons (Fsp3) is 0.370. The summed E-state index contributed by atoms with van der Waals surface area (Å²) in [5.74, 6) is -1.14. The molecule has 182 valence electrons. The summed E-state index contributed by atoms with van der Waals surface area (Å²) < 4.78 is 7.07. The number of para-hydroxylation sites is 1. The van der Waals surface area contributed by atoms with Crippen molar-refractivity contribution in [2.24, 2.45) is 0 Å². The summed E-state index contributed by atoms with van der Waals surface area (Å²) in [7, 11) is 0. The molecule has 1 aromatic heterocycles. The van der Waals surface area contributed by atoms with Gasteiger partial charge >= 0.3 is 6.09 Å². The Labute approximate surface area is 203 Å². The predicted molar refractivity (Wildman–Crippen MR) is 129 cm³/mol. The second-order valence-corrected chi connectivity index (χ2v) is 10.3. The number of hydrogen-bond donors (Lipinski definition) is 1. The first kappa shape index (κ1) is 23.1. The summed E-state index contributed by atoms with van der Waals surface area (Å²) in [6.45, 7) is 5.70. The van der Waals surface area contributed by atoms with E-state index in [2.05, 4.69) is 0 Å². The fourth-order valence-corrected chi connectivity index (χ4v) is 5.45. The Bertz CT molecular complexity index is 1310. The first-order valence-corrected chi connectivity index (χ1v) is 11.8. The molecule has 8 heteroatoms. The van der Waals surface area contributed by atoms with E-state index in [9.17, 15) is 19.6 Å². The molecule has 2 saturated heterocycles. The second-order valence-electron chi connectivity index (χ2n) is 10.3. The van der Waals surface area contributed by atoms with Gasteiger partial charge in [0.15, 0.2) is 0 Å². The third-order valence-corrected chi connectivity index (χ3v) is 6.93. The van der Waals surface area contributed by atoms with Crippen LogP contribution in [0.4, 0.5) is 4.79 Å². The summed E-state index contributed by atoms with van der Waals surface area (Å²) in [4.78, 5) is 41.3. The lowest BCUT2D eigenvalue weighted by Gasteiger charge is -2.37. The molecule has 1 N–H and O–H groups in total. The van der Waals surface area contributed by atoms with Crippen molar-refractivity contribution in [2.75, 3.05) is 6.54 Å². The number of carbonyl (C=O) groups excluding carboxylic acids is 3. The number of likely N-dealkylation sites (tertiary alicyclic amines) is 1. The van der Waals surface area contributed by atoms with Crippen LogP contribution < -0.4 is 0 Å². The highest BCUT2D eigenvalue weighted by Crippen LogP contribution is 2.50. The van der Waals surface area contributed by atoms with Crippen LogP contribution in [0.5, 0.6) is 0 Å². The van der Waals surface area contributed by atoms with Gasteiger partial charge in [-0.2, -0.15) is 0 Å². The van der Waals surface area contributed by atoms with Gasteiger partial charge in [0.25, 0.3) is 5.91 Å². The lowest BCUT2D eigenvalue weighted by molar-refractivity contribution is -0.166. The van der Waals surface area contributed by atoms with Gasteiger partial charge in [-0.05, 0) is 44.4 Å². The van der Waals surface area contributed by atoms with E-state index in [-0.39, 0.29) is 25.4 Å². The van der Waals surface area contributed by atoms with Gasteiger partial charge in [0, 0.05) is 30.5 Å². The van der Waals surface area contributed by atoms with Gasteiger partial charge in [0.1, 0.15) is 11.1 Å². The quantitative estimate of drug-likeness (QED) is 0.570. The standard InChI is InChI=1S/C27H29N3O5/c1-26(2,3)35-25(33)28-16-20(19-11-7-8-12-22(19)28)21-17-30(34)24(32)27(21)14-13-23(31)29(27)15-18-9-5-4-6-10-18/h4-12,16,21,34H,13-15,17H2,1-3H3/t21-,27-/m0/s1. The monoisotopic (exact) mass is 475 g/mol. The highest BCUT2D eigenvalue weighted by atomic mass is 16.6. The maximum absolute atomic E-state index is 13.5. The van der Waals surface area contributed by atoms with Crippen LogP contribution in [0.25, 0.3) is 10.9 Å². The van der Waals surface area contributed by atoms with Crippen molar-refractivity contribution in [1.82, 2.24) is 14.5 Å². The number of carbonyl (C=O) groups is 3. The van der Waals surface area contributed by atoms with E-state index < -0.39 is 29.1 Å². The fourth-order valence-electron chi connectivity index (χ4n) is 5.45. The van der Waals surface area contributed by atoms with Crippen LogP contribution >= 0.6 is 0 Å². The predicted octanol–water partition coefficient (Wildman–Crippen LogP) is 4.30. The zero-order valence-electron chi connectivity index (χ0n) is 20.1. The number of ether oxygens (including phenoxy) is 1. The topological polar surface area (TPSA) is 92.1 Å². The van der Waals surface area contributed by atoms with E-state index in [4.69, 9.17) is 4.74 Å². The minimum Gasteiger partial charge on any atom is -0.443 e. The van der Waals surface area contributed by atoms with Gasteiger partial charge in [-0.15, -0.1) is 0 Å². The normalized spacial score (nSPS) is 22.6. The average Bonchev–Trinajstić information content (AvgIpc) is 3.43. The number of benzene rings is 2. The number of aromatic nitrogens is 1. The molecule has 0 saturated carbocycles. The van der Waals surface area contributed by atoms with E-state index >= 15 is 0 Å². The second kappa shape index (κ2) is 8.23. The number of hydrogen-bond acceptors (Lipinski definition) is 5. The first-order valence-electron chi connectivity index (χ1n) is 11.8. The summed E-state index contributed by atoms with van der Waals surface area (Å²) in [5, 5.41) is 12.1. The molecule has 8 nitrogen and oxygen atoms in total. The van der Waals surface area contributed by atoms with Crippen LogP contribution in [0.2, 0.25) is 0 Å². The van der Waals surface area contributed by atoms with Crippen molar-refractivity contribution in [2.45, 2.75) is 57.2 Å². The molecule has 0 radical (unpaired) electrons. The minimum atomic E-state index is -1.23. The lowest BCUT2D eigenvalue weighted by Crippen LogP contribution is -2.53. The van der Waals surface area contributed by atoms with E-state index in [1.807, 2.05) is 54.6 Å². The van der Waals surface area contributed by atoms with Crippen molar-refractivity contribution >= 4 is 28.8 Å². The zero-order valence-corrected chi connectivity index (χ0v) is 20.1. The zero-order chi connectivity index (χ0) is 25.0. The Hall–Kier alpha value is -3.65. The molecule has 0 bridgehead atoms. The Morgan fingerprint density at radius 1 is 1.09 bits per heavy atom. The van der Waals surface area contributed by atoms with Crippen molar-refractivity contribution in [1.29, 1.82) is 0 Å². The van der Waals surface area contributed by atoms with E-state index in [0.29, 0.717) is 11.9 Å². The molecule has 2 aromatic carbocycles. The largest absolute Gasteiger partial charge is 0.443 e. The summed E-state index contributed by atoms with van der Waals surface area (Å²) in [6.07, 6.45) is 1.68. The SMILES string of the molecule is CC(C)(C)OC(=O)n1cc([C@@H]2CN(O)C(=O)[C@]23CCC(=O)N3Cc2ccccc2)c2ccccc21.